The summed E-state index contributed by atoms with van der Waals surface area (Å²) < 4.78 is 0. The van der Waals surface area contributed by atoms with E-state index in [1.807, 2.05) is 4.90 Å². The summed E-state index contributed by atoms with van der Waals surface area (Å²) in [7, 11) is 2.23. The molecule has 0 spiro atoms. The molecular formula is C20H21Cl2N2O+. The van der Waals surface area contributed by atoms with Gasteiger partial charge in [0.2, 0.25) is 0 Å². The Morgan fingerprint density at radius 3 is 2.60 bits per heavy atom. The Labute approximate surface area is 158 Å². The van der Waals surface area contributed by atoms with Crippen LogP contribution in [-0.4, -0.2) is 32.1 Å². The quantitative estimate of drug-likeness (QED) is 0.812. The van der Waals surface area contributed by atoms with Crippen LogP contribution in [0, 0.1) is 6.92 Å². The third-order valence-electron chi connectivity index (χ3n) is 5.40. The molecule has 2 aromatic rings. The number of nitrogens with one attached hydrogen (secondary N) is 1. The minimum absolute atomic E-state index is 0.0124. The lowest BCUT2D eigenvalue weighted by molar-refractivity contribution is -0.886. The number of quaternary nitrogens is 1. The second-order valence-electron chi connectivity index (χ2n) is 7.27. The van der Waals surface area contributed by atoms with Gasteiger partial charge in [0, 0.05) is 27.7 Å². The van der Waals surface area contributed by atoms with Crippen LogP contribution in [0.15, 0.2) is 36.4 Å². The lowest BCUT2D eigenvalue weighted by Crippen LogP contribution is -3.11. The molecule has 25 heavy (non-hydrogen) atoms. The lowest BCUT2D eigenvalue weighted by atomic mass is 9.88. The predicted molar refractivity (Wildman–Crippen MR) is 102 cm³/mol. The topological polar surface area (TPSA) is 24.8 Å². The molecule has 0 radical (unpaired) electrons. The van der Waals surface area contributed by atoms with Crippen molar-refractivity contribution in [2.75, 3.05) is 25.0 Å². The van der Waals surface area contributed by atoms with Crippen LogP contribution >= 0.6 is 23.2 Å². The van der Waals surface area contributed by atoms with Crippen LogP contribution in [-0.2, 0) is 0 Å². The summed E-state index contributed by atoms with van der Waals surface area (Å²) in [6.45, 7) is 4.24. The van der Waals surface area contributed by atoms with E-state index >= 15 is 0 Å². The van der Waals surface area contributed by atoms with Crippen LogP contribution in [0.2, 0.25) is 10.0 Å². The number of carbonyl (C=O) groups excluding carboxylic acids is 1. The molecule has 2 aromatic carbocycles. The predicted octanol–water partition coefficient (Wildman–Crippen LogP) is 3.33. The van der Waals surface area contributed by atoms with Gasteiger partial charge in [-0.15, -0.1) is 0 Å². The first-order valence-electron chi connectivity index (χ1n) is 8.65. The highest BCUT2D eigenvalue weighted by Crippen LogP contribution is 2.43. The van der Waals surface area contributed by atoms with Crippen LogP contribution in [0.3, 0.4) is 0 Å². The molecule has 0 aliphatic carbocycles. The molecular weight excluding hydrogens is 355 g/mol. The van der Waals surface area contributed by atoms with Gasteiger partial charge in [-0.05, 0) is 36.8 Å². The van der Waals surface area contributed by atoms with Crippen molar-refractivity contribution in [2.45, 2.75) is 25.3 Å². The number of benzene rings is 2. The van der Waals surface area contributed by atoms with Crippen LogP contribution < -0.4 is 9.80 Å². The number of amides is 1. The molecule has 4 rings (SSSR count). The van der Waals surface area contributed by atoms with Crippen LogP contribution in [0.4, 0.5) is 5.69 Å². The van der Waals surface area contributed by atoms with Crippen LogP contribution in [0.5, 0.6) is 0 Å². The third-order valence-corrected chi connectivity index (χ3v) is 5.84. The monoisotopic (exact) mass is 375 g/mol. The molecule has 1 fully saturated rings. The van der Waals surface area contributed by atoms with E-state index < -0.39 is 0 Å². The molecule has 3 nitrogen and oxygen atoms in total. The van der Waals surface area contributed by atoms with E-state index in [0.29, 0.717) is 21.5 Å². The average molecular weight is 376 g/mol. The van der Waals surface area contributed by atoms with Crippen molar-refractivity contribution >= 4 is 34.8 Å². The summed E-state index contributed by atoms with van der Waals surface area (Å²) >= 11 is 12.2. The molecule has 2 heterocycles. The number of aryl methyl sites for hydroxylation is 1. The second kappa shape index (κ2) is 6.31. The second-order valence-corrected chi connectivity index (χ2v) is 8.14. The fraction of sp³-hybridized carbons (Fsp3) is 0.350. The number of halogens is 2. The zero-order valence-electron chi connectivity index (χ0n) is 14.4. The maximum Gasteiger partial charge on any atom is 0.258 e. The number of anilines is 1. The number of likely N-dealkylation sites (tertiary alicyclic amines) is 1. The summed E-state index contributed by atoms with van der Waals surface area (Å²) in [4.78, 5) is 16.8. The maximum atomic E-state index is 13.3. The fourth-order valence-electron chi connectivity index (χ4n) is 4.28. The van der Waals surface area contributed by atoms with E-state index in [9.17, 15) is 4.79 Å². The van der Waals surface area contributed by atoms with Crippen LogP contribution in [0.1, 0.15) is 33.8 Å². The van der Waals surface area contributed by atoms with Gasteiger partial charge in [-0.3, -0.25) is 4.79 Å². The summed E-state index contributed by atoms with van der Waals surface area (Å²) in [5, 5.41) is 0.979. The summed E-state index contributed by atoms with van der Waals surface area (Å²) in [6, 6.07) is 11.7. The van der Waals surface area contributed by atoms with Crippen molar-refractivity contribution in [3.63, 3.8) is 0 Å². The fourth-order valence-corrected chi connectivity index (χ4v) is 4.81. The standard InChI is InChI=1S/C20H20Cl2N2O/c1-12-3-4-18-16(7-12)17-11-23(2)6-5-19(17)24(18)20(25)13-8-14(21)10-15(22)9-13/h3-4,7-10,17,19H,5-6,11H2,1-2H3/p+1/t17-,19+/m0/s1. The highest BCUT2D eigenvalue weighted by Gasteiger charge is 2.45. The molecule has 2 aliphatic rings. The number of piperidine rings is 1. The van der Waals surface area contributed by atoms with E-state index in [-0.39, 0.29) is 11.9 Å². The van der Waals surface area contributed by atoms with E-state index in [0.717, 1.165) is 25.2 Å². The first-order chi connectivity index (χ1) is 11.9. The number of nitrogens with zero attached hydrogens (tertiary/aromatic N) is 1. The highest BCUT2D eigenvalue weighted by molar-refractivity contribution is 6.35. The Bertz CT molecular complexity index is 831. The van der Waals surface area contributed by atoms with Crippen molar-refractivity contribution in [3.05, 3.63) is 63.1 Å². The number of hydrogen-bond acceptors (Lipinski definition) is 1. The van der Waals surface area contributed by atoms with Gasteiger partial charge in [-0.1, -0.05) is 40.9 Å². The minimum atomic E-state index is -0.0124. The van der Waals surface area contributed by atoms with Gasteiger partial charge in [-0.2, -0.15) is 0 Å². The van der Waals surface area contributed by atoms with E-state index in [4.69, 9.17) is 23.2 Å². The molecule has 1 saturated heterocycles. The highest BCUT2D eigenvalue weighted by atomic mass is 35.5. The molecule has 1 amide bonds. The van der Waals surface area contributed by atoms with Crippen molar-refractivity contribution in [3.8, 4) is 0 Å². The molecule has 5 heteroatoms. The maximum absolute atomic E-state index is 13.3. The molecule has 130 valence electrons. The molecule has 0 aromatic heterocycles. The third kappa shape index (κ3) is 2.95. The van der Waals surface area contributed by atoms with Gasteiger partial charge in [0.15, 0.2) is 0 Å². The van der Waals surface area contributed by atoms with E-state index in [2.05, 4.69) is 32.2 Å². The molecule has 3 atom stereocenters. The Hall–Kier alpha value is -1.55. The lowest BCUT2D eigenvalue weighted by Gasteiger charge is -2.34. The molecule has 1 N–H and O–H groups in total. The van der Waals surface area contributed by atoms with Gasteiger partial charge in [0.05, 0.1) is 32.1 Å². The van der Waals surface area contributed by atoms with Crippen molar-refractivity contribution in [1.82, 2.24) is 0 Å². The van der Waals surface area contributed by atoms with Gasteiger partial charge < -0.3 is 9.80 Å². The summed E-state index contributed by atoms with van der Waals surface area (Å²) in [5.74, 6) is 0.379. The number of likely N-dealkylation sites (N-methyl/N-ethyl adjacent to an activating group) is 1. The van der Waals surface area contributed by atoms with Crippen LogP contribution in [0.25, 0.3) is 0 Å². The Kier molecular flexibility index (Phi) is 4.27. The number of rotatable bonds is 1. The van der Waals surface area contributed by atoms with E-state index in [1.165, 1.54) is 16.0 Å². The first-order valence-corrected chi connectivity index (χ1v) is 9.41. The smallest absolute Gasteiger partial charge is 0.258 e. The Morgan fingerprint density at radius 1 is 1.16 bits per heavy atom. The average Bonchev–Trinajstić information content (AvgIpc) is 2.86. The summed E-state index contributed by atoms with van der Waals surface area (Å²) in [6.07, 6.45) is 1.00. The molecule has 0 saturated carbocycles. The zero-order chi connectivity index (χ0) is 17.7. The van der Waals surface area contributed by atoms with E-state index in [1.54, 1.807) is 18.2 Å². The number of hydrogen-bond donors (Lipinski definition) is 1. The van der Waals surface area contributed by atoms with Gasteiger partial charge in [-0.25, -0.2) is 0 Å². The largest absolute Gasteiger partial charge is 0.337 e. The van der Waals surface area contributed by atoms with Gasteiger partial charge in [0.1, 0.15) is 0 Å². The summed E-state index contributed by atoms with van der Waals surface area (Å²) in [5.41, 5.74) is 4.12. The molecule has 0 bridgehead atoms. The zero-order valence-corrected chi connectivity index (χ0v) is 15.9. The van der Waals surface area contributed by atoms with Gasteiger partial charge in [0.25, 0.3) is 5.91 Å². The number of carbonyl (C=O) groups is 1. The first kappa shape index (κ1) is 16.9. The minimum Gasteiger partial charge on any atom is -0.337 e. The molecule has 1 unspecified atom stereocenters. The SMILES string of the molecule is Cc1ccc2c(c1)[C@@H]1C[NH+](C)CC[C@H]1N2C(=O)c1cc(Cl)cc(Cl)c1. The number of fused-ring (bicyclic) bond motifs is 3. The molecule has 2 aliphatic heterocycles. The van der Waals surface area contributed by atoms with Crippen molar-refractivity contribution in [1.29, 1.82) is 0 Å². The Balaban J connectivity index is 1.79. The van der Waals surface area contributed by atoms with Gasteiger partial charge >= 0.3 is 0 Å². The normalized spacial score (nSPS) is 24.8. The van der Waals surface area contributed by atoms with Crippen molar-refractivity contribution in [2.24, 2.45) is 0 Å². The Morgan fingerprint density at radius 2 is 1.88 bits per heavy atom. The van der Waals surface area contributed by atoms with Crippen molar-refractivity contribution < 1.29 is 9.69 Å².